The minimum absolute atomic E-state index is 0.153. The molecule has 1 aliphatic rings. The minimum atomic E-state index is -4.01. The van der Waals surface area contributed by atoms with E-state index in [0.29, 0.717) is 16.7 Å². The monoisotopic (exact) mass is 289 g/mol. The fourth-order valence-electron chi connectivity index (χ4n) is 1.88. The summed E-state index contributed by atoms with van der Waals surface area (Å²) >= 11 is 0. The lowest BCUT2D eigenvalue weighted by Crippen LogP contribution is -2.47. The predicted molar refractivity (Wildman–Crippen MR) is 66.6 cm³/mol. The quantitative estimate of drug-likeness (QED) is 0.627. The summed E-state index contributed by atoms with van der Waals surface area (Å²) in [5.74, 6) is 0.219. The molecule has 0 radical (unpaired) electrons. The third kappa shape index (κ3) is 2.44. The van der Waals surface area contributed by atoms with E-state index in [1.807, 2.05) is 6.92 Å². The standard InChI is InChI=1S/C11H12ClNO4S/c1-2-17-9-5-3-8(4-6-9)10-7-11(14)13(10)18(12,15)16/h3-6,10H,2,7H2,1H3. The van der Waals surface area contributed by atoms with Gasteiger partial charge in [0.15, 0.2) is 0 Å². The van der Waals surface area contributed by atoms with E-state index in [4.69, 9.17) is 15.4 Å². The van der Waals surface area contributed by atoms with E-state index >= 15 is 0 Å². The molecule has 1 fully saturated rings. The van der Waals surface area contributed by atoms with Crippen LogP contribution in [0.1, 0.15) is 24.9 Å². The molecule has 1 saturated heterocycles. The van der Waals surface area contributed by atoms with Crippen molar-refractivity contribution in [1.82, 2.24) is 4.31 Å². The highest BCUT2D eigenvalue weighted by Gasteiger charge is 2.44. The number of benzene rings is 1. The van der Waals surface area contributed by atoms with Crippen molar-refractivity contribution in [3.63, 3.8) is 0 Å². The van der Waals surface area contributed by atoms with Crippen LogP contribution in [0.15, 0.2) is 24.3 Å². The first-order valence-electron chi connectivity index (χ1n) is 5.43. The van der Waals surface area contributed by atoms with Crippen LogP contribution in [0.3, 0.4) is 0 Å². The number of ether oxygens (including phenoxy) is 1. The lowest BCUT2D eigenvalue weighted by atomic mass is 9.97. The molecule has 1 aromatic rings. The van der Waals surface area contributed by atoms with E-state index in [1.165, 1.54) is 0 Å². The molecule has 0 aliphatic carbocycles. The summed E-state index contributed by atoms with van der Waals surface area (Å²) in [7, 11) is 1.20. The highest BCUT2D eigenvalue weighted by molar-refractivity contribution is 8.12. The number of carbonyl (C=O) groups is 1. The number of β-lactam (4-membered cyclic amide) rings is 1. The minimum Gasteiger partial charge on any atom is -0.494 e. The van der Waals surface area contributed by atoms with Crippen molar-refractivity contribution in [2.45, 2.75) is 19.4 Å². The third-order valence-corrected chi connectivity index (χ3v) is 4.08. The Morgan fingerprint density at radius 3 is 2.44 bits per heavy atom. The lowest BCUT2D eigenvalue weighted by Gasteiger charge is -2.37. The summed E-state index contributed by atoms with van der Waals surface area (Å²) < 4.78 is 28.4. The van der Waals surface area contributed by atoms with Gasteiger partial charge in [-0.05, 0) is 24.6 Å². The maximum Gasteiger partial charge on any atom is 0.324 e. The zero-order chi connectivity index (χ0) is 13.3. The first-order valence-corrected chi connectivity index (χ1v) is 7.69. The number of amides is 1. The Kier molecular flexibility index (Phi) is 3.49. The summed E-state index contributed by atoms with van der Waals surface area (Å²) in [5.41, 5.74) is 0.724. The SMILES string of the molecule is CCOc1ccc(C2CC(=O)N2S(=O)(=O)Cl)cc1. The van der Waals surface area contributed by atoms with E-state index in [1.54, 1.807) is 24.3 Å². The molecule has 1 aliphatic heterocycles. The van der Waals surface area contributed by atoms with Gasteiger partial charge in [0.25, 0.3) is 0 Å². The Balaban J connectivity index is 2.20. The number of hydrogen-bond acceptors (Lipinski definition) is 4. The zero-order valence-electron chi connectivity index (χ0n) is 9.67. The van der Waals surface area contributed by atoms with Gasteiger partial charge in [0.2, 0.25) is 5.91 Å². The molecule has 5 nitrogen and oxygen atoms in total. The second-order valence-electron chi connectivity index (χ2n) is 3.85. The Hall–Kier alpha value is -1.27. The molecule has 1 aromatic carbocycles. The Labute approximate surface area is 110 Å². The number of halogens is 1. The Morgan fingerprint density at radius 1 is 1.39 bits per heavy atom. The summed E-state index contributed by atoms with van der Waals surface area (Å²) in [6, 6.07) is 6.44. The van der Waals surface area contributed by atoms with Crippen LogP contribution in [0.2, 0.25) is 0 Å². The molecular weight excluding hydrogens is 278 g/mol. The molecule has 0 saturated carbocycles. The van der Waals surface area contributed by atoms with Crippen molar-refractivity contribution >= 4 is 25.8 Å². The van der Waals surface area contributed by atoms with Gasteiger partial charge in [-0.25, -0.2) is 4.31 Å². The largest absolute Gasteiger partial charge is 0.494 e. The molecule has 18 heavy (non-hydrogen) atoms. The topological polar surface area (TPSA) is 63.7 Å². The van der Waals surface area contributed by atoms with Crippen molar-refractivity contribution in [3.05, 3.63) is 29.8 Å². The first kappa shape index (κ1) is 13.2. The fourth-order valence-corrected chi connectivity index (χ4v) is 3.22. The van der Waals surface area contributed by atoms with Gasteiger partial charge in [-0.15, -0.1) is 0 Å². The third-order valence-electron chi connectivity index (χ3n) is 2.71. The van der Waals surface area contributed by atoms with Crippen LogP contribution in [-0.4, -0.2) is 25.2 Å². The molecule has 0 N–H and O–H groups in total. The van der Waals surface area contributed by atoms with Gasteiger partial charge in [-0.2, -0.15) is 8.42 Å². The van der Waals surface area contributed by atoms with Crippen LogP contribution in [0.4, 0.5) is 0 Å². The van der Waals surface area contributed by atoms with Crippen molar-refractivity contribution in [2.75, 3.05) is 6.61 Å². The average Bonchev–Trinajstić information content (AvgIpc) is 2.25. The highest BCUT2D eigenvalue weighted by Crippen LogP contribution is 2.38. The van der Waals surface area contributed by atoms with Crippen LogP contribution < -0.4 is 4.74 Å². The van der Waals surface area contributed by atoms with E-state index in [9.17, 15) is 13.2 Å². The molecule has 0 bridgehead atoms. The van der Waals surface area contributed by atoms with E-state index in [0.717, 1.165) is 5.56 Å². The molecule has 7 heteroatoms. The molecule has 0 spiro atoms. The maximum absolute atomic E-state index is 11.3. The molecule has 1 heterocycles. The smallest absolute Gasteiger partial charge is 0.324 e. The van der Waals surface area contributed by atoms with Crippen LogP contribution in [0.25, 0.3) is 0 Å². The summed E-state index contributed by atoms with van der Waals surface area (Å²) in [5, 5.41) is 0. The fraction of sp³-hybridized carbons (Fsp3) is 0.364. The number of carbonyl (C=O) groups excluding carboxylic acids is 1. The van der Waals surface area contributed by atoms with Crippen molar-refractivity contribution < 1.29 is 17.9 Å². The molecule has 1 atom stereocenters. The van der Waals surface area contributed by atoms with Gasteiger partial charge in [0, 0.05) is 10.7 Å². The second kappa shape index (κ2) is 4.78. The average molecular weight is 290 g/mol. The number of nitrogens with zero attached hydrogens (tertiary/aromatic N) is 1. The normalized spacial score (nSPS) is 19.6. The molecule has 1 unspecified atom stereocenters. The first-order chi connectivity index (χ1) is 8.43. The predicted octanol–water partition coefficient (Wildman–Crippen LogP) is 1.84. The molecule has 2 rings (SSSR count). The van der Waals surface area contributed by atoms with E-state index < -0.39 is 21.2 Å². The summed E-state index contributed by atoms with van der Waals surface area (Å²) in [4.78, 5) is 11.3. The molecule has 98 valence electrons. The van der Waals surface area contributed by atoms with Gasteiger partial charge < -0.3 is 4.74 Å². The van der Waals surface area contributed by atoms with Gasteiger partial charge in [0.05, 0.1) is 19.1 Å². The van der Waals surface area contributed by atoms with E-state index in [-0.39, 0.29) is 6.42 Å². The molecular formula is C11H12ClNO4S. The van der Waals surface area contributed by atoms with Crippen LogP contribution >= 0.6 is 10.7 Å². The van der Waals surface area contributed by atoms with Crippen LogP contribution in [0.5, 0.6) is 5.75 Å². The molecule has 0 aromatic heterocycles. The maximum atomic E-state index is 11.3. The lowest BCUT2D eigenvalue weighted by molar-refractivity contribution is -0.137. The van der Waals surface area contributed by atoms with Crippen molar-refractivity contribution in [2.24, 2.45) is 0 Å². The number of rotatable bonds is 4. The van der Waals surface area contributed by atoms with Crippen LogP contribution in [0, 0.1) is 0 Å². The van der Waals surface area contributed by atoms with Gasteiger partial charge in [-0.1, -0.05) is 12.1 Å². The highest BCUT2D eigenvalue weighted by atomic mass is 35.7. The van der Waals surface area contributed by atoms with Gasteiger partial charge in [-0.3, -0.25) is 4.79 Å². The summed E-state index contributed by atoms with van der Waals surface area (Å²) in [6.45, 7) is 2.43. The van der Waals surface area contributed by atoms with Crippen LogP contribution in [-0.2, 0) is 14.0 Å². The number of hydrogen-bond donors (Lipinski definition) is 0. The molecule has 1 amide bonds. The van der Waals surface area contributed by atoms with Gasteiger partial charge >= 0.3 is 9.24 Å². The summed E-state index contributed by atoms with van der Waals surface area (Å²) in [6.07, 6.45) is 0.153. The van der Waals surface area contributed by atoms with Gasteiger partial charge in [0.1, 0.15) is 5.75 Å². The zero-order valence-corrected chi connectivity index (χ0v) is 11.2. The van der Waals surface area contributed by atoms with Crippen molar-refractivity contribution in [3.8, 4) is 5.75 Å². The Morgan fingerprint density at radius 2 is 2.00 bits per heavy atom. The Bertz CT molecular complexity index is 555. The second-order valence-corrected chi connectivity index (χ2v) is 6.24. The van der Waals surface area contributed by atoms with E-state index in [2.05, 4.69) is 0 Å². The van der Waals surface area contributed by atoms with Crippen molar-refractivity contribution in [1.29, 1.82) is 0 Å².